The molecule has 0 fully saturated rings. The monoisotopic (exact) mass is 674 g/mol. The van der Waals surface area contributed by atoms with Gasteiger partial charge in [-0.15, -0.1) is 0 Å². The lowest BCUT2D eigenvalue weighted by Gasteiger charge is -2.36. The highest BCUT2D eigenvalue weighted by atomic mass is 28.3. The number of methoxy groups -OCH3 is 1. The minimum atomic E-state index is -1.81. The number of carbonyl (C=O) groups is 4. The van der Waals surface area contributed by atoms with Gasteiger partial charge < -0.3 is 28.8 Å². The van der Waals surface area contributed by atoms with Crippen LogP contribution in [-0.4, -0.2) is 98.4 Å². The molecule has 0 spiro atoms. The number of rotatable bonds is 15. The number of carbonyl (C=O) groups excluding carboxylic acids is 4. The predicted molar refractivity (Wildman–Crippen MR) is 178 cm³/mol. The van der Waals surface area contributed by atoms with Gasteiger partial charge >= 0.3 is 18.2 Å². The van der Waals surface area contributed by atoms with Gasteiger partial charge in [-0.3, -0.25) is 9.69 Å². The van der Waals surface area contributed by atoms with E-state index in [1.807, 2.05) is 6.07 Å². The molecule has 0 aliphatic carbocycles. The molecule has 0 bridgehead atoms. The van der Waals surface area contributed by atoms with Gasteiger partial charge in [0.2, 0.25) is 0 Å². The molecule has 12 nitrogen and oxygen atoms in total. The zero-order chi connectivity index (χ0) is 35.4. The van der Waals surface area contributed by atoms with Gasteiger partial charge in [0.05, 0.1) is 13.2 Å². The van der Waals surface area contributed by atoms with Crippen molar-refractivity contribution in [3.63, 3.8) is 0 Å². The van der Waals surface area contributed by atoms with Gasteiger partial charge in [0.15, 0.2) is 12.8 Å². The van der Waals surface area contributed by atoms with Gasteiger partial charge in [-0.25, -0.2) is 19.3 Å². The molecule has 3 atom stereocenters. The van der Waals surface area contributed by atoms with E-state index in [4.69, 9.17) is 23.7 Å². The Labute approximate surface area is 278 Å². The van der Waals surface area contributed by atoms with Crippen LogP contribution in [0.5, 0.6) is 5.75 Å². The molecule has 0 heterocycles. The Hall–Kier alpha value is -3.94. The number of benzene rings is 2. The standard InChI is InChI=1S/C34H50N2O10Si/c1-24(37)29(31(39)45-23-43-19-20-47(7,8)9)36(33(41)46-34(2,3)4)30(38)28(21-25-15-17-27(42-6)18-16-25)35(5)32(40)44-22-26-13-11-10-12-14-26/h10-18,24,28-29,37H,19-23H2,1-9H3/t24-,28+,29+/m1/s1. The minimum Gasteiger partial charge on any atom is -0.497 e. The van der Waals surface area contributed by atoms with E-state index < -0.39 is 62.7 Å². The molecule has 3 amide bonds. The number of amides is 3. The van der Waals surface area contributed by atoms with Crippen LogP contribution in [0.1, 0.15) is 38.8 Å². The van der Waals surface area contributed by atoms with Crippen molar-refractivity contribution in [2.75, 3.05) is 27.6 Å². The van der Waals surface area contributed by atoms with Crippen molar-refractivity contribution in [1.29, 1.82) is 0 Å². The molecule has 2 aromatic rings. The molecular formula is C34H50N2O10Si. The fourth-order valence-electron chi connectivity index (χ4n) is 4.28. The van der Waals surface area contributed by atoms with E-state index in [-0.39, 0.29) is 13.0 Å². The average molecular weight is 675 g/mol. The molecule has 2 rings (SSSR count). The zero-order valence-corrected chi connectivity index (χ0v) is 30.0. The summed E-state index contributed by atoms with van der Waals surface area (Å²) in [6, 6.07) is 13.4. The number of ether oxygens (including phenoxy) is 5. The smallest absolute Gasteiger partial charge is 0.418 e. The minimum absolute atomic E-state index is 0.0659. The number of hydrogen-bond acceptors (Lipinski definition) is 10. The predicted octanol–water partition coefficient (Wildman–Crippen LogP) is 5.24. The molecule has 0 aliphatic rings. The molecule has 47 heavy (non-hydrogen) atoms. The second-order valence-corrected chi connectivity index (χ2v) is 19.0. The van der Waals surface area contributed by atoms with Gasteiger partial charge in [-0.1, -0.05) is 62.1 Å². The third-order valence-electron chi connectivity index (χ3n) is 6.92. The van der Waals surface area contributed by atoms with Crippen LogP contribution in [0.25, 0.3) is 0 Å². The first kappa shape index (κ1) is 39.2. The second kappa shape index (κ2) is 17.8. The summed E-state index contributed by atoms with van der Waals surface area (Å²) in [4.78, 5) is 56.4. The van der Waals surface area contributed by atoms with Gasteiger partial charge in [-0.2, -0.15) is 0 Å². The van der Waals surface area contributed by atoms with Crippen LogP contribution in [0.2, 0.25) is 25.7 Å². The van der Waals surface area contributed by atoms with E-state index >= 15 is 0 Å². The Balaban J connectivity index is 2.47. The normalized spacial score (nSPS) is 13.5. The molecule has 13 heteroatoms. The third-order valence-corrected chi connectivity index (χ3v) is 8.62. The number of esters is 1. The lowest BCUT2D eigenvalue weighted by molar-refractivity contribution is -0.170. The summed E-state index contributed by atoms with van der Waals surface area (Å²) < 4.78 is 27.0. The average Bonchev–Trinajstić information content (AvgIpc) is 2.99. The van der Waals surface area contributed by atoms with Crippen molar-refractivity contribution in [3.8, 4) is 5.75 Å². The maximum absolute atomic E-state index is 14.5. The van der Waals surface area contributed by atoms with Crippen molar-refractivity contribution in [2.24, 2.45) is 0 Å². The molecule has 0 saturated carbocycles. The van der Waals surface area contributed by atoms with Gasteiger partial charge in [0.1, 0.15) is 24.0 Å². The summed E-state index contributed by atoms with van der Waals surface area (Å²) in [6.45, 7) is 12.4. The fourth-order valence-corrected chi connectivity index (χ4v) is 5.03. The van der Waals surface area contributed by atoms with E-state index in [0.29, 0.717) is 22.8 Å². The van der Waals surface area contributed by atoms with Crippen LogP contribution >= 0.6 is 0 Å². The van der Waals surface area contributed by atoms with E-state index in [2.05, 4.69) is 19.6 Å². The van der Waals surface area contributed by atoms with E-state index in [0.717, 1.165) is 16.5 Å². The Morgan fingerprint density at radius 1 is 0.894 bits per heavy atom. The van der Waals surface area contributed by atoms with Crippen LogP contribution < -0.4 is 4.74 Å². The van der Waals surface area contributed by atoms with E-state index in [9.17, 15) is 24.3 Å². The Morgan fingerprint density at radius 2 is 1.51 bits per heavy atom. The highest BCUT2D eigenvalue weighted by Gasteiger charge is 2.45. The molecule has 260 valence electrons. The van der Waals surface area contributed by atoms with Crippen LogP contribution in [-0.2, 0) is 41.6 Å². The summed E-state index contributed by atoms with van der Waals surface area (Å²) in [5, 5.41) is 10.8. The molecule has 2 aromatic carbocycles. The lowest BCUT2D eigenvalue weighted by Crippen LogP contribution is -2.60. The SMILES string of the molecule is COc1ccc(C[C@@H](C(=O)N(C(=O)OC(C)(C)C)[C@H](C(=O)OCOCC[Si](C)(C)C)[C@@H](C)O)N(C)C(=O)OCc2ccccc2)cc1. The summed E-state index contributed by atoms with van der Waals surface area (Å²) in [6.07, 6.45) is -3.70. The van der Waals surface area contributed by atoms with Crippen LogP contribution in [0.15, 0.2) is 54.6 Å². The number of likely N-dealkylation sites (N-methyl/N-ethyl adjacent to an activating group) is 1. The number of imide groups is 1. The second-order valence-electron chi connectivity index (χ2n) is 13.4. The summed E-state index contributed by atoms with van der Waals surface area (Å²) in [7, 11) is 1.46. The molecule has 0 aliphatic heterocycles. The molecule has 0 aromatic heterocycles. The molecular weight excluding hydrogens is 624 g/mol. The van der Waals surface area contributed by atoms with Crippen molar-refractivity contribution in [3.05, 3.63) is 65.7 Å². The maximum Gasteiger partial charge on any atom is 0.418 e. The van der Waals surface area contributed by atoms with Crippen LogP contribution in [0.4, 0.5) is 9.59 Å². The van der Waals surface area contributed by atoms with E-state index in [1.54, 1.807) is 69.3 Å². The zero-order valence-electron chi connectivity index (χ0n) is 29.0. The van der Waals surface area contributed by atoms with Crippen molar-refractivity contribution >= 4 is 32.1 Å². The Kier molecular flexibility index (Phi) is 14.9. The first-order valence-electron chi connectivity index (χ1n) is 15.5. The van der Waals surface area contributed by atoms with Crippen LogP contribution in [0.3, 0.4) is 0 Å². The first-order chi connectivity index (χ1) is 21.9. The third kappa shape index (κ3) is 13.4. The highest BCUT2D eigenvalue weighted by molar-refractivity contribution is 6.76. The lowest BCUT2D eigenvalue weighted by atomic mass is 10.0. The number of aliphatic hydroxyl groups is 1. The highest BCUT2D eigenvalue weighted by Crippen LogP contribution is 2.22. The number of nitrogens with zero attached hydrogens (tertiary/aromatic N) is 2. The number of hydrogen-bond donors (Lipinski definition) is 1. The summed E-state index contributed by atoms with van der Waals surface area (Å²) in [5.41, 5.74) is 0.268. The first-order valence-corrected chi connectivity index (χ1v) is 19.2. The molecule has 0 radical (unpaired) electrons. The summed E-state index contributed by atoms with van der Waals surface area (Å²) in [5.74, 6) is -1.49. The van der Waals surface area contributed by atoms with Gasteiger partial charge in [0.25, 0.3) is 5.91 Å². The van der Waals surface area contributed by atoms with Crippen LogP contribution in [0, 0.1) is 0 Å². The van der Waals surface area contributed by atoms with Crippen molar-refractivity contribution < 1.29 is 48.0 Å². The topological polar surface area (TPSA) is 141 Å². The largest absolute Gasteiger partial charge is 0.497 e. The van der Waals surface area contributed by atoms with Crippen molar-refractivity contribution in [1.82, 2.24) is 9.80 Å². The maximum atomic E-state index is 14.5. The quantitative estimate of drug-likeness (QED) is 0.0876. The molecule has 0 unspecified atom stereocenters. The Bertz CT molecular complexity index is 1310. The van der Waals surface area contributed by atoms with Gasteiger partial charge in [-0.05, 0) is 57.0 Å². The Morgan fingerprint density at radius 3 is 2.04 bits per heavy atom. The fraction of sp³-hybridized carbons (Fsp3) is 0.529. The van der Waals surface area contributed by atoms with E-state index in [1.165, 1.54) is 21.1 Å². The van der Waals surface area contributed by atoms with Crippen molar-refractivity contribution in [2.45, 2.75) is 90.2 Å². The summed E-state index contributed by atoms with van der Waals surface area (Å²) >= 11 is 0. The molecule has 0 saturated heterocycles. The molecule has 1 N–H and O–H groups in total. The van der Waals surface area contributed by atoms with Gasteiger partial charge in [0, 0.05) is 28.1 Å². The number of aliphatic hydroxyl groups excluding tert-OH is 1.